The number of aryl methyl sites for hydroxylation is 1. The number of hydrogen-bond donors (Lipinski definition) is 3. The highest BCUT2D eigenvalue weighted by atomic mass is 16.4. The van der Waals surface area contributed by atoms with Crippen molar-refractivity contribution in [3.05, 3.63) is 18.0 Å². The van der Waals surface area contributed by atoms with Gasteiger partial charge in [-0.05, 0) is 19.3 Å². The molecule has 0 radical (unpaired) electrons. The van der Waals surface area contributed by atoms with Crippen LogP contribution in [0, 0.1) is 0 Å². The number of nitrogens with zero attached hydrogens (tertiary/aromatic N) is 3. The molecule has 2 amide bonds. The molecule has 1 aliphatic carbocycles. The summed E-state index contributed by atoms with van der Waals surface area (Å²) in [4.78, 5) is 25.1. The fourth-order valence-electron chi connectivity index (χ4n) is 2.34. The third-order valence-electron chi connectivity index (χ3n) is 3.69. The number of carboxylic acids is 1. The standard InChI is InChI=1S/C13H20N4O4/c1-16-8-9(7-14-16)11(12(19)20)15-13(21)17(5-6-18)10-3-2-4-10/h7-8,10-11,18H,2-6H2,1H3,(H,15,21)(H,19,20). The van der Waals surface area contributed by atoms with Gasteiger partial charge in [-0.3, -0.25) is 4.68 Å². The molecule has 8 heteroatoms. The predicted molar refractivity (Wildman–Crippen MR) is 73.5 cm³/mol. The molecule has 1 atom stereocenters. The minimum atomic E-state index is -1.15. The highest BCUT2D eigenvalue weighted by molar-refractivity contribution is 5.83. The van der Waals surface area contributed by atoms with Crippen LogP contribution in [-0.4, -0.2) is 56.1 Å². The van der Waals surface area contributed by atoms with Crippen LogP contribution in [0.5, 0.6) is 0 Å². The molecule has 0 saturated heterocycles. The third-order valence-corrected chi connectivity index (χ3v) is 3.69. The maximum atomic E-state index is 12.3. The second-order valence-corrected chi connectivity index (χ2v) is 5.17. The quantitative estimate of drug-likeness (QED) is 0.690. The molecule has 2 rings (SSSR count). The number of rotatable bonds is 6. The topological polar surface area (TPSA) is 108 Å². The molecule has 1 saturated carbocycles. The van der Waals surface area contributed by atoms with E-state index in [1.165, 1.54) is 15.8 Å². The van der Waals surface area contributed by atoms with Gasteiger partial charge in [-0.1, -0.05) is 0 Å². The van der Waals surface area contributed by atoms with Gasteiger partial charge >= 0.3 is 12.0 Å². The molecule has 21 heavy (non-hydrogen) atoms. The fraction of sp³-hybridized carbons (Fsp3) is 0.615. The van der Waals surface area contributed by atoms with Crippen molar-refractivity contribution < 1.29 is 19.8 Å². The Hall–Kier alpha value is -2.09. The number of aromatic nitrogens is 2. The number of amides is 2. The van der Waals surface area contributed by atoms with E-state index in [0.717, 1.165) is 19.3 Å². The van der Waals surface area contributed by atoms with Crippen LogP contribution in [0.15, 0.2) is 12.4 Å². The zero-order valence-electron chi connectivity index (χ0n) is 11.9. The van der Waals surface area contributed by atoms with Crippen molar-refractivity contribution in [2.75, 3.05) is 13.2 Å². The average Bonchev–Trinajstić information content (AvgIpc) is 2.79. The maximum absolute atomic E-state index is 12.3. The van der Waals surface area contributed by atoms with Crippen LogP contribution >= 0.6 is 0 Å². The van der Waals surface area contributed by atoms with Gasteiger partial charge in [0.1, 0.15) is 0 Å². The number of urea groups is 1. The lowest BCUT2D eigenvalue weighted by Gasteiger charge is -2.37. The van der Waals surface area contributed by atoms with Crippen molar-refractivity contribution in [2.45, 2.75) is 31.3 Å². The Morgan fingerprint density at radius 3 is 2.71 bits per heavy atom. The monoisotopic (exact) mass is 296 g/mol. The van der Waals surface area contributed by atoms with Crippen LogP contribution in [-0.2, 0) is 11.8 Å². The lowest BCUT2D eigenvalue weighted by Crippen LogP contribution is -2.51. The lowest BCUT2D eigenvalue weighted by atomic mass is 9.91. The van der Waals surface area contributed by atoms with Gasteiger partial charge in [0.15, 0.2) is 6.04 Å². The molecule has 0 aliphatic heterocycles. The van der Waals surface area contributed by atoms with Crippen molar-refractivity contribution in [1.29, 1.82) is 0 Å². The van der Waals surface area contributed by atoms with Crippen LogP contribution in [0.4, 0.5) is 4.79 Å². The Bertz CT molecular complexity index is 512. The smallest absolute Gasteiger partial charge is 0.331 e. The second-order valence-electron chi connectivity index (χ2n) is 5.17. The minimum absolute atomic E-state index is 0.0838. The van der Waals surface area contributed by atoms with Gasteiger partial charge in [0.05, 0.1) is 12.8 Å². The van der Waals surface area contributed by atoms with Gasteiger partial charge in [-0.25, -0.2) is 9.59 Å². The van der Waals surface area contributed by atoms with E-state index >= 15 is 0 Å². The number of nitrogens with one attached hydrogen (secondary N) is 1. The number of aliphatic hydroxyl groups is 1. The van der Waals surface area contributed by atoms with Crippen LogP contribution in [0.2, 0.25) is 0 Å². The fourth-order valence-corrected chi connectivity index (χ4v) is 2.34. The molecular weight excluding hydrogens is 276 g/mol. The normalized spacial score (nSPS) is 16.1. The molecule has 0 spiro atoms. The SMILES string of the molecule is Cn1cc(C(NC(=O)N(CCO)C2CCC2)C(=O)O)cn1. The summed E-state index contributed by atoms with van der Waals surface area (Å²) in [5.74, 6) is -1.14. The molecule has 116 valence electrons. The van der Waals surface area contributed by atoms with Crippen molar-refractivity contribution in [1.82, 2.24) is 20.0 Å². The molecule has 1 unspecified atom stereocenters. The van der Waals surface area contributed by atoms with E-state index in [9.17, 15) is 14.7 Å². The lowest BCUT2D eigenvalue weighted by molar-refractivity contribution is -0.139. The number of carbonyl (C=O) groups is 2. The first-order valence-electron chi connectivity index (χ1n) is 6.92. The summed E-state index contributed by atoms with van der Waals surface area (Å²) in [6.07, 6.45) is 5.79. The number of hydrogen-bond acceptors (Lipinski definition) is 4. The molecule has 1 aliphatic rings. The summed E-state index contributed by atoms with van der Waals surface area (Å²) < 4.78 is 1.48. The van der Waals surface area contributed by atoms with Gasteiger partial charge < -0.3 is 20.4 Å². The highest BCUT2D eigenvalue weighted by Gasteiger charge is 2.31. The molecular formula is C13H20N4O4. The molecule has 8 nitrogen and oxygen atoms in total. The molecule has 0 bridgehead atoms. The first-order valence-corrected chi connectivity index (χ1v) is 6.92. The van der Waals surface area contributed by atoms with E-state index in [1.54, 1.807) is 13.2 Å². The van der Waals surface area contributed by atoms with Crippen molar-refractivity contribution >= 4 is 12.0 Å². The van der Waals surface area contributed by atoms with Gasteiger partial charge in [-0.2, -0.15) is 5.10 Å². The van der Waals surface area contributed by atoms with Crippen LogP contribution < -0.4 is 5.32 Å². The first kappa shape index (κ1) is 15.3. The number of aliphatic hydroxyl groups excluding tert-OH is 1. The van der Waals surface area contributed by atoms with Gasteiger partial charge in [0, 0.05) is 31.4 Å². The Morgan fingerprint density at radius 1 is 1.57 bits per heavy atom. The summed E-state index contributed by atoms with van der Waals surface area (Å²) >= 11 is 0. The Morgan fingerprint density at radius 2 is 2.29 bits per heavy atom. The van der Waals surface area contributed by atoms with Crippen LogP contribution in [0.3, 0.4) is 0 Å². The molecule has 1 heterocycles. The van der Waals surface area contributed by atoms with Crippen molar-refractivity contribution in [3.63, 3.8) is 0 Å². The number of carboxylic acid groups (broad SMARTS) is 1. The zero-order valence-corrected chi connectivity index (χ0v) is 11.9. The van der Waals surface area contributed by atoms with Crippen LogP contribution in [0.25, 0.3) is 0 Å². The zero-order chi connectivity index (χ0) is 15.4. The predicted octanol–water partition coefficient (Wildman–Crippen LogP) is 0.102. The average molecular weight is 296 g/mol. The number of carbonyl (C=O) groups excluding carboxylic acids is 1. The van der Waals surface area contributed by atoms with E-state index in [2.05, 4.69) is 10.4 Å². The van der Waals surface area contributed by atoms with E-state index in [4.69, 9.17) is 5.11 Å². The van der Waals surface area contributed by atoms with Gasteiger partial charge in [0.2, 0.25) is 0 Å². The molecule has 0 aromatic carbocycles. The summed E-state index contributed by atoms with van der Waals surface area (Å²) in [5, 5.41) is 24.8. The second kappa shape index (κ2) is 6.57. The Labute approximate surface area is 122 Å². The highest BCUT2D eigenvalue weighted by Crippen LogP contribution is 2.25. The summed E-state index contributed by atoms with van der Waals surface area (Å²) in [6.45, 7) is 0.0599. The maximum Gasteiger partial charge on any atom is 0.331 e. The summed E-state index contributed by atoms with van der Waals surface area (Å²) in [7, 11) is 1.68. The largest absolute Gasteiger partial charge is 0.479 e. The Kier molecular flexibility index (Phi) is 4.79. The summed E-state index contributed by atoms with van der Waals surface area (Å²) in [5.41, 5.74) is 0.413. The number of aliphatic carboxylic acids is 1. The molecule has 3 N–H and O–H groups in total. The first-order chi connectivity index (χ1) is 10.0. The summed E-state index contributed by atoms with van der Waals surface area (Å²) in [6, 6.07) is -1.53. The molecule has 1 aromatic rings. The Balaban J connectivity index is 2.08. The van der Waals surface area contributed by atoms with E-state index in [-0.39, 0.29) is 19.2 Å². The molecule has 1 aromatic heterocycles. The van der Waals surface area contributed by atoms with Crippen molar-refractivity contribution in [2.24, 2.45) is 7.05 Å². The van der Waals surface area contributed by atoms with E-state index in [1.807, 2.05) is 0 Å². The van der Waals surface area contributed by atoms with Gasteiger partial charge in [0.25, 0.3) is 0 Å². The third kappa shape index (κ3) is 3.52. The van der Waals surface area contributed by atoms with Gasteiger partial charge in [-0.15, -0.1) is 0 Å². The molecule has 1 fully saturated rings. The minimum Gasteiger partial charge on any atom is -0.479 e. The van der Waals surface area contributed by atoms with Crippen molar-refractivity contribution in [3.8, 4) is 0 Å². The van der Waals surface area contributed by atoms with E-state index < -0.39 is 18.0 Å². The van der Waals surface area contributed by atoms with Crippen LogP contribution in [0.1, 0.15) is 30.9 Å². The van der Waals surface area contributed by atoms with E-state index in [0.29, 0.717) is 5.56 Å².